The number of nitrogens with two attached hydrogens (primary N) is 2. The fourth-order valence-electron chi connectivity index (χ4n) is 7.02. The minimum atomic E-state index is -0.943. The monoisotopic (exact) mass is 666 g/mol. The number of benzene rings is 8. The summed E-state index contributed by atoms with van der Waals surface area (Å²) in [7, 11) is -1.87. The number of hydrogen-bond acceptors (Lipinski definition) is 2. The summed E-state index contributed by atoms with van der Waals surface area (Å²) in [6.07, 6.45) is 0. The Balaban J connectivity index is 1.57. The lowest BCUT2D eigenvalue weighted by molar-refractivity contribution is 1.54. The third-order valence-electron chi connectivity index (χ3n) is 9.12. The van der Waals surface area contributed by atoms with Gasteiger partial charge in [-0.15, -0.1) is 0 Å². The van der Waals surface area contributed by atoms with Crippen LogP contribution in [0.3, 0.4) is 0 Å². The van der Waals surface area contributed by atoms with Gasteiger partial charge >= 0.3 is 0 Å². The fraction of sp³-hybridized carbons (Fsp3) is 0.0222. The molecule has 0 bridgehead atoms. The van der Waals surface area contributed by atoms with Crippen LogP contribution >= 0.6 is 15.8 Å². The molecule has 0 aliphatic carbocycles. The molecule has 0 saturated carbocycles. The van der Waals surface area contributed by atoms with Crippen LogP contribution in [0.25, 0.3) is 32.7 Å². The van der Waals surface area contributed by atoms with Crippen LogP contribution in [0.2, 0.25) is 0 Å². The van der Waals surface area contributed by atoms with Crippen molar-refractivity contribution in [1.82, 2.24) is 0 Å². The molecular formula is C45H36N2P2. The maximum absolute atomic E-state index is 6.47. The molecular weight excluding hydrogens is 630 g/mol. The van der Waals surface area contributed by atoms with Crippen LogP contribution in [0.4, 0.5) is 11.4 Å². The second-order valence-corrected chi connectivity index (χ2v) is 16.7. The van der Waals surface area contributed by atoms with Gasteiger partial charge in [0.05, 0.1) is 0 Å². The highest BCUT2D eigenvalue weighted by Gasteiger charge is 2.29. The molecule has 0 aliphatic heterocycles. The molecule has 0 aromatic heterocycles. The van der Waals surface area contributed by atoms with Crippen molar-refractivity contribution < 1.29 is 0 Å². The van der Waals surface area contributed by atoms with E-state index in [4.69, 9.17) is 11.5 Å². The van der Waals surface area contributed by atoms with Crippen molar-refractivity contribution in [3.8, 4) is 11.1 Å². The van der Waals surface area contributed by atoms with Gasteiger partial charge in [-0.05, 0) is 117 Å². The van der Waals surface area contributed by atoms with E-state index in [1.165, 1.54) is 59.3 Å². The predicted octanol–water partition coefficient (Wildman–Crippen LogP) is 8.65. The number of aryl methyl sites for hydroxylation is 1. The Labute approximate surface area is 290 Å². The summed E-state index contributed by atoms with van der Waals surface area (Å²) in [6.45, 7) is 2.28. The molecule has 4 N–H and O–H groups in total. The first-order chi connectivity index (χ1) is 24.1. The maximum Gasteiger partial charge on any atom is 0.0320 e. The van der Waals surface area contributed by atoms with Gasteiger partial charge in [0.1, 0.15) is 0 Å². The van der Waals surface area contributed by atoms with Crippen molar-refractivity contribution in [3.05, 3.63) is 181 Å². The molecule has 4 heteroatoms. The highest BCUT2D eigenvalue weighted by molar-refractivity contribution is 7.81. The summed E-state index contributed by atoms with van der Waals surface area (Å²) in [5, 5.41) is 12.7. The van der Waals surface area contributed by atoms with Crippen molar-refractivity contribution in [3.63, 3.8) is 0 Å². The summed E-state index contributed by atoms with van der Waals surface area (Å²) < 4.78 is 0. The highest BCUT2D eigenvalue weighted by atomic mass is 31.1. The molecule has 49 heavy (non-hydrogen) atoms. The molecule has 8 aromatic carbocycles. The number of anilines is 2. The summed E-state index contributed by atoms with van der Waals surface area (Å²) in [5.74, 6) is 0. The standard InChI is InChI=1S/C45H36N2P2/c1-31-28-33-30-35(47)24-26-41(33)44(45(31)49(38-18-10-4-11-19-38)39-20-12-5-13-21-39)43-40-25-23-34(46)29-32(40)22-27-42(43)48(36-14-6-2-7-15-36)37-16-8-3-9-17-37/h2-30H,46-47H2,1H3. The lowest BCUT2D eigenvalue weighted by Gasteiger charge is -2.30. The van der Waals surface area contributed by atoms with Gasteiger partial charge in [-0.2, -0.15) is 0 Å². The average Bonchev–Trinajstić information content (AvgIpc) is 3.14. The van der Waals surface area contributed by atoms with Crippen LogP contribution < -0.4 is 43.3 Å². The van der Waals surface area contributed by atoms with Gasteiger partial charge in [0.25, 0.3) is 0 Å². The van der Waals surface area contributed by atoms with E-state index in [0.29, 0.717) is 0 Å². The highest BCUT2D eigenvalue weighted by Crippen LogP contribution is 2.47. The second kappa shape index (κ2) is 13.3. The molecule has 0 saturated heterocycles. The zero-order chi connectivity index (χ0) is 33.3. The third kappa shape index (κ3) is 5.89. The Bertz CT molecular complexity index is 2330. The van der Waals surface area contributed by atoms with Gasteiger partial charge in [0.2, 0.25) is 0 Å². The van der Waals surface area contributed by atoms with E-state index in [1.807, 2.05) is 0 Å². The summed E-state index contributed by atoms with van der Waals surface area (Å²) in [5.41, 5.74) is 18.2. The molecule has 0 amide bonds. The van der Waals surface area contributed by atoms with Gasteiger partial charge in [-0.1, -0.05) is 152 Å². The summed E-state index contributed by atoms with van der Waals surface area (Å²) in [4.78, 5) is 0. The van der Waals surface area contributed by atoms with E-state index in [-0.39, 0.29) is 0 Å². The van der Waals surface area contributed by atoms with Gasteiger partial charge < -0.3 is 11.5 Å². The molecule has 0 unspecified atom stereocenters. The van der Waals surface area contributed by atoms with E-state index in [2.05, 4.69) is 183 Å². The van der Waals surface area contributed by atoms with Crippen LogP contribution in [-0.4, -0.2) is 0 Å². The van der Waals surface area contributed by atoms with Crippen molar-refractivity contribution in [1.29, 1.82) is 0 Å². The van der Waals surface area contributed by atoms with Gasteiger partial charge in [0, 0.05) is 11.4 Å². The Hall–Kier alpha value is -5.26. The third-order valence-corrected chi connectivity index (χ3v) is 14.3. The quantitative estimate of drug-likeness (QED) is 0.132. The molecule has 0 atom stereocenters. The Morgan fingerprint density at radius 2 is 0.816 bits per heavy atom. The lowest BCUT2D eigenvalue weighted by Crippen LogP contribution is -2.27. The van der Waals surface area contributed by atoms with Crippen LogP contribution in [0.5, 0.6) is 0 Å². The van der Waals surface area contributed by atoms with Crippen LogP contribution in [0.1, 0.15) is 5.56 Å². The second-order valence-electron chi connectivity index (χ2n) is 12.4. The van der Waals surface area contributed by atoms with Crippen LogP contribution in [-0.2, 0) is 0 Å². The maximum atomic E-state index is 6.47. The van der Waals surface area contributed by atoms with Crippen LogP contribution in [0, 0.1) is 6.92 Å². The molecule has 0 spiro atoms. The fourth-order valence-corrected chi connectivity index (χ4v) is 12.1. The summed E-state index contributed by atoms with van der Waals surface area (Å²) in [6, 6.07) is 63.8. The topological polar surface area (TPSA) is 52.0 Å². The van der Waals surface area contributed by atoms with Crippen LogP contribution in [0.15, 0.2) is 176 Å². The normalized spacial score (nSPS) is 11.5. The molecule has 0 radical (unpaired) electrons. The van der Waals surface area contributed by atoms with E-state index >= 15 is 0 Å². The van der Waals surface area contributed by atoms with E-state index in [9.17, 15) is 0 Å². The van der Waals surface area contributed by atoms with Crippen molar-refractivity contribution in [2.45, 2.75) is 6.92 Å². The molecule has 0 fully saturated rings. The van der Waals surface area contributed by atoms with Gasteiger partial charge in [0.15, 0.2) is 0 Å². The van der Waals surface area contributed by atoms with Crippen molar-refractivity contribution in [2.75, 3.05) is 11.5 Å². The zero-order valence-electron chi connectivity index (χ0n) is 27.3. The Morgan fingerprint density at radius 3 is 1.31 bits per heavy atom. The predicted molar refractivity (Wildman–Crippen MR) is 218 cm³/mol. The van der Waals surface area contributed by atoms with E-state index in [0.717, 1.165) is 22.1 Å². The number of rotatable bonds is 7. The first-order valence-electron chi connectivity index (χ1n) is 16.5. The first-order valence-corrected chi connectivity index (χ1v) is 19.2. The number of nitrogen functional groups attached to an aromatic ring is 2. The van der Waals surface area contributed by atoms with Gasteiger partial charge in [-0.3, -0.25) is 0 Å². The largest absolute Gasteiger partial charge is 0.399 e. The molecule has 0 heterocycles. The Morgan fingerprint density at radius 1 is 0.388 bits per heavy atom. The van der Waals surface area contributed by atoms with Crippen molar-refractivity contribution >= 4 is 80.6 Å². The van der Waals surface area contributed by atoms with E-state index in [1.54, 1.807) is 0 Å². The molecule has 0 aliphatic rings. The SMILES string of the molecule is Cc1cc2cc(N)ccc2c(-c2c(P(c3ccccc3)c3ccccc3)ccc3cc(N)ccc23)c1P(c1ccccc1)c1ccccc1. The van der Waals surface area contributed by atoms with Crippen molar-refractivity contribution in [2.24, 2.45) is 0 Å². The minimum Gasteiger partial charge on any atom is -0.399 e. The summed E-state index contributed by atoms with van der Waals surface area (Å²) >= 11 is 0. The first kappa shape index (κ1) is 31.0. The molecule has 8 aromatic rings. The minimum absolute atomic E-state index is 0.762. The number of hydrogen-bond donors (Lipinski definition) is 2. The number of fused-ring (bicyclic) bond motifs is 2. The molecule has 236 valence electrons. The van der Waals surface area contributed by atoms with E-state index < -0.39 is 15.8 Å². The smallest absolute Gasteiger partial charge is 0.0320 e. The molecule has 8 rings (SSSR count). The average molecular weight is 667 g/mol. The molecule has 2 nitrogen and oxygen atoms in total. The van der Waals surface area contributed by atoms with Gasteiger partial charge in [-0.25, -0.2) is 0 Å². The Kier molecular flexibility index (Phi) is 8.44. The zero-order valence-corrected chi connectivity index (χ0v) is 29.1. The lowest BCUT2D eigenvalue weighted by atomic mass is 9.91.